The molecule has 6 nitrogen and oxygen atoms in total. The maximum Gasteiger partial charge on any atom is 0.224 e. The Morgan fingerprint density at radius 2 is 2.25 bits per heavy atom. The molecule has 3 atom stereocenters. The molecule has 6 heteroatoms. The van der Waals surface area contributed by atoms with Gasteiger partial charge in [0, 0.05) is 13.6 Å². The number of anilines is 2. The average Bonchev–Trinajstić information content (AvgIpc) is 3.12. The van der Waals surface area contributed by atoms with Crippen LogP contribution in [0, 0.1) is 17.8 Å². The molecule has 4 rings (SSSR count). The van der Waals surface area contributed by atoms with Crippen molar-refractivity contribution in [3.05, 3.63) is 6.20 Å². The van der Waals surface area contributed by atoms with Gasteiger partial charge in [-0.2, -0.15) is 15.1 Å². The molecule has 0 radical (unpaired) electrons. The zero-order chi connectivity index (χ0) is 13.7. The summed E-state index contributed by atoms with van der Waals surface area (Å²) >= 11 is 0. The Hall–Kier alpha value is -1.85. The molecular weight excluding hydrogens is 252 g/mol. The third-order valence-electron chi connectivity index (χ3n) is 5.06. The molecule has 0 saturated heterocycles. The van der Waals surface area contributed by atoms with Crippen molar-refractivity contribution in [2.45, 2.75) is 25.7 Å². The van der Waals surface area contributed by atoms with Gasteiger partial charge in [0.25, 0.3) is 0 Å². The fourth-order valence-electron chi connectivity index (χ4n) is 4.17. The van der Waals surface area contributed by atoms with E-state index < -0.39 is 0 Å². The molecule has 2 heterocycles. The fraction of sp³-hybridized carbons (Fsp3) is 0.643. The molecule has 2 aliphatic carbocycles. The van der Waals surface area contributed by atoms with Crippen LogP contribution >= 0.6 is 0 Å². The van der Waals surface area contributed by atoms with Crippen LogP contribution in [0.1, 0.15) is 25.7 Å². The highest BCUT2D eigenvalue weighted by atomic mass is 15.2. The first-order valence-electron chi connectivity index (χ1n) is 7.38. The Labute approximate surface area is 117 Å². The van der Waals surface area contributed by atoms with E-state index in [-0.39, 0.29) is 0 Å². The largest absolute Gasteiger partial charge is 0.368 e. The second-order valence-corrected chi connectivity index (χ2v) is 6.35. The van der Waals surface area contributed by atoms with Gasteiger partial charge in [0.05, 0.1) is 11.6 Å². The van der Waals surface area contributed by atoms with Crippen molar-refractivity contribution in [1.82, 2.24) is 20.2 Å². The number of fused-ring (bicyclic) bond motifs is 3. The topological polar surface area (TPSA) is 83.7 Å². The zero-order valence-electron chi connectivity index (χ0n) is 11.7. The monoisotopic (exact) mass is 272 g/mol. The summed E-state index contributed by atoms with van der Waals surface area (Å²) in [5.41, 5.74) is 6.51. The summed E-state index contributed by atoms with van der Waals surface area (Å²) in [6.07, 6.45) is 7.45. The third-order valence-corrected chi connectivity index (χ3v) is 5.06. The first kappa shape index (κ1) is 11.9. The van der Waals surface area contributed by atoms with Gasteiger partial charge >= 0.3 is 0 Å². The van der Waals surface area contributed by atoms with E-state index in [1.54, 1.807) is 6.20 Å². The molecular formula is C14H20N6. The Bertz CT molecular complexity index is 636. The van der Waals surface area contributed by atoms with Crippen LogP contribution in [0.2, 0.25) is 0 Å². The number of nitrogens with two attached hydrogens (primary N) is 1. The number of H-pyrrole nitrogens is 1. The van der Waals surface area contributed by atoms with Crippen LogP contribution in [0.15, 0.2) is 6.20 Å². The van der Waals surface area contributed by atoms with Crippen molar-refractivity contribution >= 4 is 22.8 Å². The summed E-state index contributed by atoms with van der Waals surface area (Å²) in [5, 5.41) is 7.86. The fourth-order valence-corrected chi connectivity index (χ4v) is 4.17. The molecule has 3 N–H and O–H groups in total. The Morgan fingerprint density at radius 1 is 1.35 bits per heavy atom. The van der Waals surface area contributed by atoms with Gasteiger partial charge in [-0.3, -0.25) is 5.10 Å². The molecule has 0 aliphatic heterocycles. The Balaban J connectivity index is 1.60. The number of nitrogens with one attached hydrogen (secondary N) is 1. The second-order valence-electron chi connectivity index (χ2n) is 6.35. The van der Waals surface area contributed by atoms with Crippen LogP contribution in [-0.2, 0) is 0 Å². The number of nitrogen functional groups attached to an aromatic ring is 1. The lowest BCUT2D eigenvalue weighted by molar-refractivity contribution is 0.337. The number of rotatable bonds is 3. The number of hydrogen-bond donors (Lipinski definition) is 2. The van der Waals surface area contributed by atoms with Crippen molar-refractivity contribution < 1.29 is 0 Å². The second kappa shape index (κ2) is 4.33. The molecule has 0 amide bonds. The third kappa shape index (κ3) is 1.82. The average molecular weight is 272 g/mol. The standard InChI is InChI=1S/C14H20N6/c1-20(7-10-5-8-2-3-9(10)4-8)13-11-6-16-19-12(11)17-14(15)18-13/h6,8-10H,2-5,7H2,1H3,(H3,15,16,17,18,19). The summed E-state index contributed by atoms with van der Waals surface area (Å²) in [4.78, 5) is 10.8. The summed E-state index contributed by atoms with van der Waals surface area (Å²) in [5.74, 6) is 3.89. The smallest absolute Gasteiger partial charge is 0.224 e. The zero-order valence-corrected chi connectivity index (χ0v) is 11.7. The molecule has 2 saturated carbocycles. The van der Waals surface area contributed by atoms with Gasteiger partial charge in [-0.25, -0.2) is 0 Å². The van der Waals surface area contributed by atoms with Crippen LogP contribution in [0.25, 0.3) is 11.0 Å². The summed E-state index contributed by atoms with van der Waals surface area (Å²) < 4.78 is 0. The van der Waals surface area contributed by atoms with Gasteiger partial charge in [-0.05, 0) is 37.0 Å². The van der Waals surface area contributed by atoms with Gasteiger partial charge in [0.15, 0.2) is 5.65 Å². The van der Waals surface area contributed by atoms with Crippen molar-refractivity contribution in [1.29, 1.82) is 0 Å². The van der Waals surface area contributed by atoms with E-state index in [1.165, 1.54) is 25.7 Å². The first-order valence-corrected chi connectivity index (χ1v) is 7.38. The molecule has 2 aromatic heterocycles. The highest BCUT2D eigenvalue weighted by Gasteiger charge is 2.39. The van der Waals surface area contributed by atoms with E-state index in [0.29, 0.717) is 11.6 Å². The van der Waals surface area contributed by atoms with E-state index in [0.717, 1.165) is 35.5 Å². The maximum absolute atomic E-state index is 5.79. The van der Waals surface area contributed by atoms with Crippen molar-refractivity contribution in [2.75, 3.05) is 24.2 Å². The number of hydrogen-bond acceptors (Lipinski definition) is 5. The van der Waals surface area contributed by atoms with Crippen molar-refractivity contribution in [3.63, 3.8) is 0 Å². The molecule has 2 fully saturated rings. The van der Waals surface area contributed by atoms with Gasteiger partial charge in [0.1, 0.15) is 5.82 Å². The van der Waals surface area contributed by atoms with Crippen LogP contribution in [0.4, 0.5) is 11.8 Å². The molecule has 0 aromatic carbocycles. The highest BCUT2D eigenvalue weighted by molar-refractivity contribution is 5.87. The first-order chi connectivity index (χ1) is 9.70. The molecule has 106 valence electrons. The number of aromatic nitrogens is 4. The van der Waals surface area contributed by atoms with E-state index in [2.05, 4.69) is 32.1 Å². The van der Waals surface area contributed by atoms with Crippen LogP contribution in [0.3, 0.4) is 0 Å². The molecule has 2 aromatic rings. The lowest BCUT2D eigenvalue weighted by Gasteiger charge is -2.28. The minimum absolute atomic E-state index is 0.302. The molecule has 2 aliphatic rings. The Kier molecular flexibility index (Phi) is 2.58. The van der Waals surface area contributed by atoms with Gasteiger partial charge in [0.2, 0.25) is 5.95 Å². The van der Waals surface area contributed by atoms with Gasteiger partial charge < -0.3 is 10.6 Å². The lowest BCUT2D eigenvalue weighted by atomic mass is 9.88. The lowest BCUT2D eigenvalue weighted by Crippen LogP contribution is -2.29. The summed E-state index contributed by atoms with van der Waals surface area (Å²) in [6.45, 7) is 1.05. The summed E-state index contributed by atoms with van der Waals surface area (Å²) in [6, 6.07) is 0. The minimum Gasteiger partial charge on any atom is -0.368 e. The number of nitrogens with zero attached hydrogens (tertiary/aromatic N) is 4. The number of aromatic amines is 1. The van der Waals surface area contributed by atoms with Gasteiger partial charge in [-0.1, -0.05) is 6.42 Å². The molecule has 3 unspecified atom stereocenters. The van der Waals surface area contributed by atoms with E-state index in [1.807, 2.05) is 0 Å². The normalized spacial score (nSPS) is 28.4. The van der Waals surface area contributed by atoms with Crippen LogP contribution < -0.4 is 10.6 Å². The maximum atomic E-state index is 5.79. The SMILES string of the molecule is CN(CC1CC2CCC1C2)c1nc(N)nc2[nH]ncc12. The predicted molar refractivity (Wildman–Crippen MR) is 78.3 cm³/mol. The molecule has 0 spiro atoms. The minimum atomic E-state index is 0.302. The van der Waals surface area contributed by atoms with Gasteiger partial charge in [-0.15, -0.1) is 0 Å². The predicted octanol–water partition coefficient (Wildman–Crippen LogP) is 1.81. The quantitative estimate of drug-likeness (QED) is 0.890. The Morgan fingerprint density at radius 3 is 3.00 bits per heavy atom. The van der Waals surface area contributed by atoms with Crippen molar-refractivity contribution in [2.24, 2.45) is 17.8 Å². The van der Waals surface area contributed by atoms with Crippen LogP contribution in [0.5, 0.6) is 0 Å². The van der Waals surface area contributed by atoms with Crippen molar-refractivity contribution in [3.8, 4) is 0 Å². The highest BCUT2D eigenvalue weighted by Crippen LogP contribution is 2.48. The van der Waals surface area contributed by atoms with E-state index >= 15 is 0 Å². The molecule has 2 bridgehead atoms. The molecule has 20 heavy (non-hydrogen) atoms. The van der Waals surface area contributed by atoms with Crippen LogP contribution in [-0.4, -0.2) is 33.8 Å². The summed E-state index contributed by atoms with van der Waals surface area (Å²) in [7, 11) is 2.10. The van der Waals surface area contributed by atoms with E-state index in [9.17, 15) is 0 Å². The van der Waals surface area contributed by atoms with E-state index in [4.69, 9.17) is 5.73 Å².